The maximum absolute atomic E-state index is 13.2. The van der Waals surface area contributed by atoms with Crippen molar-refractivity contribution in [3.05, 3.63) is 29.8 Å². The average molecular weight is 286 g/mol. The lowest BCUT2D eigenvalue weighted by Gasteiger charge is -2.07. The molecule has 1 rings (SSSR count). The molecule has 5 nitrogen and oxygen atoms in total. The standard InChI is InChI=1S/C13H16F2N2O3/c14-9-3-4-11(10(15)8-9)20-7-5-13(19)17-6-1-2-12(16)18/h3-4,8H,1-2,5-7H2,(H2,16,18)(H,17,19). The molecule has 0 unspecified atom stereocenters. The Hall–Kier alpha value is -2.18. The van der Waals surface area contributed by atoms with E-state index in [4.69, 9.17) is 10.5 Å². The van der Waals surface area contributed by atoms with E-state index in [2.05, 4.69) is 5.32 Å². The Morgan fingerprint density at radius 3 is 2.65 bits per heavy atom. The second-order valence-corrected chi connectivity index (χ2v) is 4.09. The largest absolute Gasteiger partial charge is 0.490 e. The van der Waals surface area contributed by atoms with Gasteiger partial charge in [0.15, 0.2) is 11.6 Å². The lowest BCUT2D eigenvalue weighted by molar-refractivity contribution is -0.122. The third-order valence-corrected chi connectivity index (χ3v) is 2.40. The Balaban J connectivity index is 2.20. The molecule has 110 valence electrons. The van der Waals surface area contributed by atoms with Gasteiger partial charge in [-0.2, -0.15) is 0 Å². The minimum absolute atomic E-state index is 0.0236. The van der Waals surface area contributed by atoms with E-state index in [0.717, 1.165) is 12.1 Å². The first-order chi connectivity index (χ1) is 9.49. The first kappa shape index (κ1) is 15.9. The minimum atomic E-state index is -0.813. The molecule has 2 amide bonds. The highest BCUT2D eigenvalue weighted by Crippen LogP contribution is 2.17. The van der Waals surface area contributed by atoms with Gasteiger partial charge in [-0.1, -0.05) is 0 Å². The van der Waals surface area contributed by atoms with Crippen LogP contribution < -0.4 is 15.8 Å². The summed E-state index contributed by atoms with van der Waals surface area (Å²) >= 11 is 0. The van der Waals surface area contributed by atoms with Crippen LogP contribution in [0.5, 0.6) is 5.75 Å². The van der Waals surface area contributed by atoms with E-state index in [-0.39, 0.29) is 31.1 Å². The summed E-state index contributed by atoms with van der Waals surface area (Å²) in [6.45, 7) is 0.316. The SMILES string of the molecule is NC(=O)CCCNC(=O)CCOc1ccc(F)cc1F. The molecule has 1 aromatic rings. The molecule has 3 N–H and O–H groups in total. The molecule has 1 aromatic carbocycles. The minimum Gasteiger partial charge on any atom is -0.490 e. The molecule has 0 radical (unpaired) electrons. The predicted octanol–water partition coefficient (Wildman–Crippen LogP) is 1.12. The molecule has 0 atom stereocenters. The van der Waals surface area contributed by atoms with Crippen molar-refractivity contribution in [2.75, 3.05) is 13.2 Å². The molecule has 0 spiro atoms. The highest BCUT2D eigenvalue weighted by Gasteiger charge is 2.06. The highest BCUT2D eigenvalue weighted by molar-refractivity contribution is 5.76. The Bertz CT molecular complexity index is 481. The second-order valence-electron chi connectivity index (χ2n) is 4.09. The van der Waals surface area contributed by atoms with Gasteiger partial charge in [-0.25, -0.2) is 8.78 Å². The van der Waals surface area contributed by atoms with Crippen LogP contribution in [0.3, 0.4) is 0 Å². The third kappa shape index (κ3) is 6.12. The normalized spacial score (nSPS) is 10.1. The van der Waals surface area contributed by atoms with Crippen LogP contribution in [0.25, 0.3) is 0 Å². The lowest BCUT2D eigenvalue weighted by atomic mass is 10.3. The zero-order chi connectivity index (χ0) is 15.0. The fourth-order valence-electron chi connectivity index (χ4n) is 1.42. The van der Waals surface area contributed by atoms with Crippen LogP contribution in [0.1, 0.15) is 19.3 Å². The zero-order valence-electron chi connectivity index (χ0n) is 10.8. The van der Waals surface area contributed by atoms with E-state index >= 15 is 0 Å². The summed E-state index contributed by atoms with van der Waals surface area (Å²) in [7, 11) is 0. The highest BCUT2D eigenvalue weighted by atomic mass is 19.1. The van der Waals surface area contributed by atoms with Crippen LogP contribution in [0.2, 0.25) is 0 Å². The van der Waals surface area contributed by atoms with Gasteiger partial charge >= 0.3 is 0 Å². The van der Waals surface area contributed by atoms with Gasteiger partial charge in [0, 0.05) is 19.0 Å². The fraction of sp³-hybridized carbons (Fsp3) is 0.385. The Labute approximate surface area is 115 Å². The molecule has 0 fully saturated rings. The van der Waals surface area contributed by atoms with Crippen LogP contribution in [-0.2, 0) is 9.59 Å². The number of carbonyl (C=O) groups excluding carboxylic acids is 2. The molecule has 7 heteroatoms. The summed E-state index contributed by atoms with van der Waals surface area (Å²) in [6, 6.07) is 2.94. The quantitative estimate of drug-likeness (QED) is 0.702. The first-order valence-corrected chi connectivity index (χ1v) is 6.12. The van der Waals surface area contributed by atoms with Gasteiger partial charge in [-0.05, 0) is 18.6 Å². The molecule has 0 heterocycles. The summed E-state index contributed by atoms with van der Waals surface area (Å²) in [4.78, 5) is 21.8. The summed E-state index contributed by atoms with van der Waals surface area (Å²) in [5, 5.41) is 2.57. The van der Waals surface area contributed by atoms with Crippen LogP contribution in [0.4, 0.5) is 8.78 Å². The van der Waals surface area contributed by atoms with Crippen molar-refractivity contribution >= 4 is 11.8 Å². The van der Waals surface area contributed by atoms with Crippen molar-refractivity contribution < 1.29 is 23.1 Å². The van der Waals surface area contributed by atoms with Crippen molar-refractivity contribution in [1.82, 2.24) is 5.32 Å². The van der Waals surface area contributed by atoms with Crippen molar-refractivity contribution in [2.24, 2.45) is 5.73 Å². The molecular weight excluding hydrogens is 270 g/mol. The molecule has 0 bridgehead atoms. The summed E-state index contributed by atoms with van der Waals surface area (Å²) in [5.41, 5.74) is 4.94. The number of hydrogen-bond donors (Lipinski definition) is 2. The van der Waals surface area contributed by atoms with Crippen molar-refractivity contribution in [3.8, 4) is 5.75 Å². The van der Waals surface area contributed by atoms with Crippen molar-refractivity contribution in [2.45, 2.75) is 19.3 Å². The zero-order valence-corrected chi connectivity index (χ0v) is 10.8. The Morgan fingerprint density at radius 1 is 1.25 bits per heavy atom. The summed E-state index contributed by atoms with van der Waals surface area (Å²) in [6.07, 6.45) is 0.708. The molecular formula is C13H16F2N2O3. The molecule has 0 saturated heterocycles. The molecule has 0 aromatic heterocycles. The number of ether oxygens (including phenoxy) is 1. The van der Waals surface area contributed by atoms with Gasteiger partial charge in [0.1, 0.15) is 5.82 Å². The summed E-state index contributed by atoms with van der Waals surface area (Å²) < 4.78 is 30.9. The number of primary amides is 1. The number of amides is 2. The number of nitrogens with one attached hydrogen (secondary N) is 1. The van der Waals surface area contributed by atoms with Crippen molar-refractivity contribution in [3.63, 3.8) is 0 Å². The van der Waals surface area contributed by atoms with E-state index < -0.39 is 17.5 Å². The molecule has 0 aliphatic carbocycles. The Kier molecular flexibility index (Phi) is 6.42. The molecule has 20 heavy (non-hydrogen) atoms. The lowest BCUT2D eigenvalue weighted by Crippen LogP contribution is -2.26. The van der Waals surface area contributed by atoms with E-state index in [1.165, 1.54) is 0 Å². The third-order valence-electron chi connectivity index (χ3n) is 2.40. The van der Waals surface area contributed by atoms with Gasteiger partial charge < -0.3 is 15.8 Å². The number of carbonyl (C=O) groups is 2. The maximum atomic E-state index is 13.2. The smallest absolute Gasteiger partial charge is 0.223 e. The fourth-order valence-corrected chi connectivity index (χ4v) is 1.42. The first-order valence-electron chi connectivity index (χ1n) is 6.12. The number of benzene rings is 1. The van der Waals surface area contributed by atoms with E-state index in [9.17, 15) is 18.4 Å². The monoisotopic (exact) mass is 286 g/mol. The molecule has 0 aliphatic heterocycles. The van der Waals surface area contributed by atoms with Crippen LogP contribution in [0, 0.1) is 11.6 Å². The van der Waals surface area contributed by atoms with Crippen LogP contribution in [0.15, 0.2) is 18.2 Å². The van der Waals surface area contributed by atoms with Crippen LogP contribution in [-0.4, -0.2) is 25.0 Å². The number of rotatable bonds is 8. The van der Waals surface area contributed by atoms with Gasteiger partial charge in [0.05, 0.1) is 13.0 Å². The van der Waals surface area contributed by atoms with Gasteiger partial charge in [0.2, 0.25) is 11.8 Å². The second kappa shape index (κ2) is 8.08. The van der Waals surface area contributed by atoms with Gasteiger partial charge in [-0.15, -0.1) is 0 Å². The van der Waals surface area contributed by atoms with Crippen LogP contribution >= 0.6 is 0 Å². The van der Waals surface area contributed by atoms with E-state index in [0.29, 0.717) is 19.0 Å². The van der Waals surface area contributed by atoms with Crippen molar-refractivity contribution in [1.29, 1.82) is 0 Å². The van der Waals surface area contributed by atoms with Gasteiger partial charge in [0.25, 0.3) is 0 Å². The number of halogens is 2. The summed E-state index contributed by atoms with van der Waals surface area (Å²) in [5.74, 6) is -2.31. The van der Waals surface area contributed by atoms with E-state index in [1.807, 2.05) is 0 Å². The number of hydrogen-bond acceptors (Lipinski definition) is 3. The predicted molar refractivity (Wildman–Crippen MR) is 67.9 cm³/mol. The number of nitrogens with two attached hydrogens (primary N) is 1. The van der Waals surface area contributed by atoms with E-state index in [1.54, 1.807) is 0 Å². The molecule has 0 aliphatic rings. The topological polar surface area (TPSA) is 81.4 Å². The average Bonchev–Trinajstić information content (AvgIpc) is 2.37. The van der Waals surface area contributed by atoms with Gasteiger partial charge in [-0.3, -0.25) is 9.59 Å². The maximum Gasteiger partial charge on any atom is 0.223 e. The Morgan fingerprint density at radius 2 is 2.00 bits per heavy atom. The molecule has 0 saturated carbocycles.